The van der Waals surface area contributed by atoms with Crippen LogP contribution in [0.25, 0.3) is 0 Å². The zero-order valence-corrected chi connectivity index (χ0v) is 11.9. The molecule has 0 bridgehead atoms. The van der Waals surface area contributed by atoms with Crippen molar-refractivity contribution in [1.82, 2.24) is 0 Å². The second-order valence-corrected chi connectivity index (χ2v) is 5.38. The lowest BCUT2D eigenvalue weighted by atomic mass is 10.2. The van der Waals surface area contributed by atoms with Crippen molar-refractivity contribution in [3.05, 3.63) is 18.2 Å². The zero-order chi connectivity index (χ0) is 13.1. The number of ether oxygens (including phenoxy) is 1. The molecule has 18 heavy (non-hydrogen) atoms. The zero-order valence-electron chi connectivity index (χ0n) is 11.9. The van der Waals surface area contributed by atoms with Crippen LogP contribution in [0.5, 0.6) is 5.75 Å². The summed E-state index contributed by atoms with van der Waals surface area (Å²) in [5.74, 6) is 0.968. The van der Waals surface area contributed by atoms with E-state index in [0.717, 1.165) is 30.9 Å². The van der Waals surface area contributed by atoms with Crippen LogP contribution in [0.15, 0.2) is 18.2 Å². The first kappa shape index (κ1) is 13.1. The van der Waals surface area contributed by atoms with Gasteiger partial charge in [0.05, 0.1) is 11.8 Å². The molecular formula is C15H24N2O. The molecule has 0 unspecified atom stereocenters. The van der Waals surface area contributed by atoms with Crippen molar-refractivity contribution >= 4 is 11.4 Å². The Bertz CT molecular complexity index is 401. The highest BCUT2D eigenvalue weighted by molar-refractivity contribution is 5.77. The lowest BCUT2D eigenvalue weighted by Crippen LogP contribution is -2.31. The van der Waals surface area contributed by atoms with Crippen LogP contribution >= 0.6 is 0 Å². The van der Waals surface area contributed by atoms with E-state index < -0.39 is 0 Å². The Labute approximate surface area is 110 Å². The van der Waals surface area contributed by atoms with Gasteiger partial charge in [0.2, 0.25) is 0 Å². The first-order valence-electron chi connectivity index (χ1n) is 6.89. The van der Waals surface area contributed by atoms with Gasteiger partial charge in [0.25, 0.3) is 0 Å². The van der Waals surface area contributed by atoms with Gasteiger partial charge in [0.15, 0.2) is 0 Å². The molecule has 100 valence electrons. The Balaban J connectivity index is 2.40. The van der Waals surface area contributed by atoms with Gasteiger partial charge in [-0.2, -0.15) is 0 Å². The van der Waals surface area contributed by atoms with E-state index in [4.69, 9.17) is 4.74 Å². The van der Waals surface area contributed by atoms with Crippen LogP contribution in [0.2, 0.25) is 0 Å². The molecule has 0 fully saturated rings. The van der Waals surface area contributed by atoms with E-state index in [-0.39, 0.29) is 6.10 Å². The van der Waals surface area contributed by atoms with Crippen molar-refractivity contribution in [2.24, 2.45) is 0 Å². The molecule has 3 heteroatoms. The number of nitrogens with zero attached hydrogens (tertiary/aromatic N) is 1. The molecule has 0 aliphatic carbocycles. The Morgan fingerprint density at radius 1 is 1.22 bits per heavy atom. The second-order valence-electron chi connectivity index (χ2n) is 5.38. The quantitative estimate of drug-likeness (QED) is 0.886. The van der Waals surface area contributed by atoms with Crippen LogP contribution in [0, 0.1) is 0 Å². The Morgan fingerprint density at radius 2 is 2.00 bits per heavy atom. The first-order valence-corrected chi connectivity index (χ1v) is 6.89. The number of hydrogen-bond donors (Lipinski definition) is 1. The summed E-state index contributed by atoms with van der Waals surface area (Å²) in [6.07, 6.45) is 1.36. The maximum atomic E-state index is 5.91. The number of hydrogen-bond acceptors (Lipinski definition) is 3. The van der Waals surface area contributed by atoms with Crippen molar-refractivity contribution in [1.29, 1.82) is 0 Å². The SMILES string of the molecule is CC(C)Oc1cccc2c1NCCCN2C(C)C. The van der Waals surface area contributed by atoms with Gasteiger partial charge in [-0.15, -0.1) is 0 Å². The molecule has 0 saturated heterocycles. The summed E-state index contributed by atoms with van der Waals surface area (Å²) in [4.78, 5) is 2.45. The van der Waals surface area contributed by atoms with Crippen LogP contribution in [-0.2, 0) is 0 Å². The first-order chi connectivity index (χ1) is 8.59. The largest absolute Gasteiger partial charge is 0.489 e. The van der Waals surface area contributed by atoms with E-state index in [1.54, 1.807) is 0 Å². The van der Waals surface area contributed by atoms with Crippen LogP contribution < -0.4 is 15.0 Å². The van der Waals surface area contributed by atoms with Gasteiger partial charge in [-0.1, -0.05) is 6.07 Å². The molecule has 3 nitrogen and oxygen atoms in total. The van der Waals surface area contributed by atoms with Crippen LogP contribution in [0.4, 0.5) is 11.4 Å². The fourth-order valence-corrected chi connectivity index (χ4v) is 2.41. The molecule has 1 aliphatic rings. The summed E-state index contributed by atoms with van der Waals surface area (Å²) in [7, 11) is 0. The van der Waals surface area contributed by atoms with E-state index in [1.807, 2.05) is 0 Å². The predicted molar refractivity (Wildman–Crippen MR) is 77.8 cm³/mol. The second kappa shape index (κ2) is 5.51. The maximum absolute atomic E-state index is 5.91. The number of nitrogens with one attached hydrogen (secondary N) is 1. The summed E-state index contributed by atoms with van der Waals surface area (Å²) in [6, 6.07) is 6.83. The molecule has 0 aromatic heterocycles. The van der Waals surface area contributed by atoms with Gasteiger partial charge in [-0.3, -0.25) is 0 Å². The van der Waals surface area contributed by atoms with Crippen molar-refractivity contribution < 1.29 is 4.74 Å². The van der Waals surface area contributed by atoms with E-state index in [1.165, 1.54) is 5.69 Å². The van der Waals surface area contributed by atoms with E-state index in [0.29, 0.717) is 6.04 Å². The van der Waals surface area contributed by atoms with Crippen molar-refractivity contribution in [3.8, 4) is 5.75 Å². The highest BCUT2D eigenvalue weighted by atomic mass is 16.5. The molecule has 2 rings (SSSR count). The molecule has 0 saturated carbocycles. The van der Waals surface area contributed by atoms with E-state index in [2.05, 4.69) is 56.1 Å². The average Bonchev–Trinajstić information content (AvgIpc) is 2.51. The smallest absolute Gasteiger partial charge is 0.144 e. The molecule has 1 N–H and O–H groups in total. The summed E-state index contributed by atoms with van der Waals surface area (Å²) in [5.41, 5.74) is 2.41. The summed E-state index contributed by atoms with van der Waals surface area (Å²) >= 11 is 0. The topological polar surface area (TPSA) is 24.5 Å². The van der Waals surface area contributed by atoms with Gasteiger partial charge in [0.1, 0.15) is 11.4 Å². The molecule has 0 atom stereocenters. The maximum Gasteiger partial charge on any atom is 0.144 e. The highest BCUT2D eigenvalue weighted by Crippen LogP contribution is 2.38. The molecule has 0 spiro atoms. The number of para-hydroxylation sites is 1. The van der Waals surface area contributed by atoms with Gasteiger partial charge < -0.3 is 15.0 Å². The average molecular weight is 248 g/mol. The number of benzene rings is 1. The fraction of sp³-hybridized carbons (Fsp3) is 0.600. The molecule has 0 amide bonds. The summed E-state index contributed by atoms with van der Waals surface area (Å²) in [6.45, 7) is 10.7. The summed E-state index contributed by atoms with van der Waals surface area (Å²) < 4.78 is 5.91. The normalized spacial score (nSPS) is 15.3. The summed E-state index contributed by atoms with van der Waals surface area (Å²) in [5, 5.41) is 3.52. The van der Waals surface area contributed by atoms with Gasteiger partial charge in [-0.25, -0.2) is 0 Å². The molecule has 1 aromatic carbocycles. The molecule has 1 heterocycles. The fourth-order valence-electron chi connectivity index (χ4n) is 2.41. The van der Waals surface area contributed by atoms with E-state index >= 15 is 0 Å². The molecule has 1 aromatic rings. The minimum Gasteiger partial charge on any atom is -0.489 e. The monoisotopic (exact) mass is 248 g/mol. The highest BCUT2D eigenvalue weighted by Gasteiger charge is 2.20. The van der Waals surface area contributed by atoms with Gasteiger partial charge >= 0.3 is 0 Å². The minimum atomic E-state index is 0.203. The lowest BCUT2D eigenvalue weighted by Gasteiger charge is -2.29. The van der Waals surface area contributed by atoms with Crippen molar-refractivity contribution in [2.75, 3.05) is 23.3 Å². The predicted octanol–water partition coefficient (Wildman–Crippen LogP) is 3.50. The lowest BCUT2D eigenvalue weighted by molar-refractivity contribution is 0.243. The Morgan fingerprint density at radius 3 is 2.67 bits per heavy atom. The van der Waals surface area contributed by atoms with Crippen LogP contribution in [-0.4, -0.2) is 25.2 Å². The number of anilines is 2. The molecular weight excluding hydrogens is 224 g/mol. The van der Waals surface area contributed by atoms with Gasteiger partial charge in [-0.05, 0) is 46.2 Å². The van der Waals surface area contributed by atoms with E-state index in [9.17, 15) is 0 Å². The standard InChI is InChI=1S/C15H24N2O/c1-11(2)17-10-6-9-16-15-13(17)7-5-8-14(15)18-12(3)4/h5,7-8,11-12,16H,6,9-10H2,1-4H3. The minimum absolute atomic E-state index is 0.203. The van der Waals surface area contributed by atoms with Gasteiger partial charge in [0, 0.05) is 19.1 Å². The van der Waals surface area contributed by atoms with Crippen molar-refractivity contribution in [3.63, 3.8) is 0 Å². The third-order valence-electron chi connectivity index (χ3n) is 3.18. The molecule has 0 radical (unpaired) electrons. The van der Waals surface area contributed by atoms with Crippen molar-refractivity contribution in [2.45, 2.75) is 46.3 Å². The number of rotatable bonds is 3. The Hall–Kier alpha value is -1.38. The Kier molecular flexibility index (Phi) is 4.00. The third-order valence-corrected chi connectivity index (χ3v) is 3.18. The third kappa shape index (κ3) is 2.71. The molecule has 1 aliphatic heterocycles. The van der Waals surface area contributed by atoms with Crippen LogP contribution in [0.1, 0.15) is 34.1 Å². The number of fused-ring (bicyclic) bond motifs is 1. The van der Waals surface area contributed by atoms with Crippen LogP contribution in [0.3, 0.4) is 0 Å².